The van der Waals surface area contributed by atoms with Gasteiger partial charge in [-0.3, -0.25) is 9.59 Å². The molecule has 0 unspecified atom stereocenters. The third-order valence-electron chi connectivity index (χ3n) is 3.63. The van der Waals surface area contributed by atoms with E-state index < -0.39 is 6.04 Å². The lowest BCUT2D eigenvalue weighted by atomic mass is 10.2. The van der Waals surface area contributed by atoms with Gasteiger partial charge in [-0.05, 0) is 55.5 Å². The Kier molecular flexibility index (Phi) is 6.00. The number of hydrogen-bond acceptors (Lipinski definition) is 4. The number of anilines is 4. The molecule has 6 heteroatoms. The number of benzene rings is 2. The minimum absolute atomic E-state index is 0.117. The lowest BCUT2D eigenvalue weighted by Crippen LogP contribution is -2.31. The summed E-state index contributed by atoms with van der Waals surface area (Å²) >= 11 is 0. The fraction of sp³-hybridized carbons (Fsp3) is 0.263. The van der Waals surface area contributed by atoms with E-state index >= 15 is 0 Å². The highest BCUT2D eigenvalue weighted by Gasteiger charge is 2.13. The Morgan fingerprint density at radius 1 is 0.840 bits per heavy atom. The number of nitrogens with one attached hydrogen (secondary N) is 3. The largest absolute Gasteiger partial charge is 0.378 e. The first-order chi connectivity index (χ1) is 11.8. The molecule has 2 aromatic carbocycles. The van der Waals surface area contributed by atoms with Gasteiger partial charge in [0.2, 0.25) is 11.8 Å². The molecule has 0 saturated carbocycles. The average molecular weight is 340 g/mol. The summed E-state index contributed by atoms with van der Waals surface area (Å²) in [6.45, 7) is 3.26. The van der Waals surface area contributed by atoms with E-state index in [1.165, 1.54) is 6.92 Å². The topological polar surface area (TPSA) is 73.5 Å². The summed E-state index contributed by atoms with van der Waals surface area (Å²) in [5.41, 5.74) is 3.35. The third-order valence-corrected chi connectivity index (χ3v) is 3.63. The van der Waals surface area contributed by atoms with Crippen LogP contribution in [0.25, 0.3) is 0 Å². The average Bonchev–Trinajstić information content (AvgIpc) is 2.56. The van der Waals surface area contributed by atoms with Crippen molar-refractivity contribution in [2.45, 2.75) is 19.9 Å². The molecule has 0 aromatic heterocycles. The quantitative estimate of drug-likeness (QED) is 0.755. The minimum atomic E-state index is -0.403. The summed E-state index contributed by atoms with van der Waals surface area (Å²) < 4.78 is 0. The fourth-order valence-electron chi connectivity index (χ4n) is 2.26. The van der Waals surface area contributed by atoms with E-state index in [1.807, 2.05) is 55.4 Å². The van der Waals surface area contributed by atoms with E-state index in [9.17, 15) is 9.59 Å². The predicted octanol–water partition coefficient (Wildman–Crippen LogP) is 3.15. The van der Waals surface area contributed by atoms with Crippen LogP contribution >= 0.6 is 0 Å². The molecule has 0 aliphatic rings. The van der Waals surface area contributed by atoms with Gasteiger partial charge >= 0.3 is 0 Å². The maximum atomic E-state index is 12.3. The molecule has 25 heavy (non-hydrogen) atoms. The molecule has 132 valence electrons. The molecule has 2 amide bonds. The van der Waals surface area contributed by atoms with Crippen LogP contribution in [0.1, 0.15) is 13.8 Å². The van der Waals surface area contributed by atoms with Gasteiger partial charge in [-0.2, -0.15) is 0 Å². The second-order valence-electron chi connectivity index (χ2n) is 6.06. The Morgan fingerprint density at radius 3 is 1.84 bits per heavy atom. The minimum Gasteiger partial charge on any atom is -0.378 e. The van der Waals surface area contributed by atoms with Crippen molar-refractivity contribution >= 4 is 34.6 Å². The van der Waals surface area contributed by atoms with Gasteiger partial charge in [0.15, 0.2) is 0 Å². The number of carbonyl (C=O) groups is 2. The normalized spacial score (nSPS) is 11.4. The van der Waals surface area contributed by atoms with Crippen molar-refractivity contribution in [2.24, 2.45) is 0 Å². The van der Waals surface area contributed by atoms with Crippen LogP contribution in [-0.2, 0) is 9.59 Å². The zero-order valence-electron chi connectivity index (χ0n) is 15.0. The SMILES string of the molecule is CC(=O)Nc1ccc(N[C@@H](C)C(=O)Nc2ccc(N(C)C)cc2)cc1. The van der Waals surface area contributed by atoms with Crippen molar-refractivity contribution in [3.05, 3.63) is 48.5 Å². The Morgan fingerprint density at radius 2 is 1.32 bits per heavy atom. The monoisotopic (exact) mass is 340 g/mol. The smallest absolute Gasteiger partial charge is 0.246 e. The maximum absolute atomic E-state index is 12.3. The van der Waals surface area contributed by atoms with Crippen LogP contribution in [0.5, 0.6) is 0 Å². The van der Waals surface area contributed by atoms with Crippen molar-refractivity contribution in [1.82, 2.24) is 0 Å². The van der Waals surface area contributed by atoms with Gasteiger partial charge < -0.3 is 20.9 Å². The molecule has 0 aliphatic carbocycles. The van der Waals surface area contributed by atoms with Crippen LogP contribution in [0, 0.1) is 0 Å². The van der Waals surface area contributed by atoms with E-state index in [-0.39, 0.29) is 11.8 Å². The van der Waals surface area contributed by atoms with Gasteiger partial charge in [0, 0.05) is 43.8 Å². The van der Waals surface area contributed by atoms with E-state index in [0.29, 0.717) is 0 Å². The molecule has 0 saturated heterocycles. The Hall–Kier alpha value is -3.02. The van der Waals surface area contributed by atoms with Gasteiger partial charge in [-0.1, -0.05) is 0 Å². The summed E-state index contributed by atoms with van der Waals surface area (Å²) in [5, 5.41) is 8.73. The molecule has 0 fully saturated rings. The summed E-state index contributed by atoms with van der Waals surface area (Å²) in [7, 11) is 3.94. The second kappa shape index (κ2) is 8.19. The van der Waals surface area contributed by atoms with Crippen LogP contribution in [0.2, 0.25) is 0 Å². The molecule has 0 bridgehead atoms. The first kappa shape index (κ1) is 18.3. The standard InChI is InChI=1S/C19H24N4O2/c1-13(20-15-5-7-16(8-6-15)21-14(2)24)19(25)22-17-9-11-18(12-10-17)23(3)4/h5-13,20H,1-4H3,(H,21,24)(H,22,25)/t13-/m0/s1. The first-order valence-electron chi connectivity index (χ1n) is 8.07. The van der Waals surface area contributed by atoms with Crippen LogP contribution in [0.15, 0.2) is 48.5 Å². The van der Waals surface area contributed by atoms with Gasteiger partial charge in [0.25, 0.3) is 0 Å². The molecule has 0 radical (unpaired) electrons. The van der Waals surface area contributed by atoms with Crippen molar-refractivity contribution in [1.29, 1.82) is 0 Å². The van der Waals surface area contributed by atoms with E-state index in [0.717, 1.165) is 22.7 Å². The van der Waals surface area contributed by atoms with E-state index in [1.54, 1.807) is 19.1 Å². The molecule has 6 nitrogen and oxygen atoms in total. The zero-order valence-corrected chi connectivity index (χ0v) is 15.0. The first-order valence-corrected chi connectivity index (χ1v) is 8.07. The number of rotatable bonds is 6. The van der Waals surface area contributed by atoms with Crippen LogP contribution < -0.4 is 20.9 Å². The number of hydrogen-bond donors (Lipinski definition) is 3. The van der Waals surface area contributed by atoms with Crippen molar-refractivity contribution in [3.8, 4) is 0 Å². The van der Waals surface area contributed by atoms with Crippen molar-refractivity contribution < 1.29 is 9.59 Å². The highest BCUT2D eigenvalue weighted by atomic mass is 16.2. The van der Waals surface area contributed by atoms with Gasteiger partial charge in [-0.15, -0.1) is 0 Å². The van der Waals surface area contributed by atoms with Gasteiger partial charge in [0.05, 0.1) is 0 Å². The summed E-state index contributed by atoms with van der Waals surface area (Å²) in [6, 6.07) is 14.5. The number of nitrogens with zero attached hydrogens (tertiary/aromatic N) is 1. The van der Waals surface area contributed by atoms with Crippen molar-refractivity contribution in [3.63, 3.8) is 0 Å². The van der Waals surface area contributed by atoms with E-state index in [4.69, 9.17) is 0 Å². The molecular formula is C19H24N4O2. The predicted molar refractivity (Wildman–Crippen MR) is 103 cm³/mol. The fourth-order valence-corrected chi connectivity index (χ4v) is 2.26. The lowest BCUT2D eigenvalue weighted by Gasteiger charge is -2.17. The molecule has 0 heterocycles. The molecule has 1 atom stereocenters. The van der Waals surface area contributed by atoms with Crippen molar-refractivity contribution in [2.75, 3.05) is 34.9 Å². The Labute approximate surface area is 148 Å². The van der Waals surface area contributed by atoms with E-state index in [2.05, 4.69) is 16.0 Å². The van der Waals surface area contributed by atoms with Gasteiger partial charge in [-0.25, -0.2) is 0 Å². The van der Waals surface area contributed by atoms with Gasteiger partial charge in [0.1, 0.15) is 6.04 Å². The molecule has 3 N–H and O–H groups in total. The van der Waals surface area contributed by atoms with Crippen LogP contribution in [-0.4, -0.2) is 32.0 Å². The summed E-state index contributed by atoms with van der Waals surface area (Å²) in [6.07, 6.45) is 0. The Bertz CT molecular complexity index is 724. The lowest BCUT2D eigenvalue weighted by molar-refractivity contribution is -0.116. The maximum Gasteiger partial charge on any atom is 0.246 e. The third kappa shape index (κ3) is 5.53. The summed E-state index contributed by atoms with van der Waals surface area (Å²) in [5.74, 6) is -0.239. The summed E-state index contributed by atoms with van der Waals surface area (Å²) in [4.78, 5) is 25.3. The zero-order chi connectivity index (χ0) is 18.4. The molecule has 2 aromatic rings. The second-order valence-corrected chi connectivity index (χ2v) is 6.06. The highest BCUT2D eigenvalue weighted by Crippen LogP contribution is 2.17. The molecule has 2 rings (SSSR count). The van der Waals surface area contributed by atoms with Crippen LogP contribution in [0.3, 0.4) is 0 Å². The molecule has 0 aliphatic heterocycles. The molecular weight excluding hydrogens is 316 g/mol. The van der Waals surface area contributed by atoms with Crippen LogP contribution in [0.4, 0.5) is 22.7 Å². The number of amides is 2. The highest BCUT2D eigenvalue weighted by molar-refractivity contribution is 5.96. The molecule has 0 spiro atoms. The number of carbonyl (C=O) groups excluding carboxylic acids is 2. The Balaban J connectivity index is 1.92.